The molecule has 1 N–H and O–H groups in total. The van der Waals surface area contributed by atoms with E-state index in [-0.39, 0.29) is 34.9 Å². The fraction of sp³-hybridized carbons (Fsp3) is 0.296. The summed E-state index contributed by atoms with van der Waals surface area (Å²) < 4.78 is 55.7. The SMILES string of the molecule is CC1CC1C[C@H](C(=O)Cc1ccc(C(=O)O)cc1)c1ccc(-c2c(C(F)(F)F)ccc(Cl)c2F)c[n+]1[O-]. The van der Waals surface area contributed by atoms with E-state index < -0.39 is 40.0 Å². The van der Waals surface area contributed by atoms with Crippen molar-refractivity contribution in [2.24, 2.45) is 11.8 Å². The summed E-state index contributed by atoms with van der Waals surface area (Å²) >= 11 is 5.73. The zero-order valence-electron chi connectivity index (χ0n) is 19.6. The first-order valence-corrected chi connectivity index (χ1v) is 11.9. The van der Waals surface area contributed by atoms with Crippen molar-refractivity contribution in [3.63, 3.8) is 0 Å². The Hall–Kier alpha value is -3.46. The van der Waals surface area contributed by atoms with Crippen LogP contribution in [0.3, 0.4) is 0 Å². The summed E-state index contributed by atoms with van der Waals surface area (Å²) in [6.45, 7) is 2.02. The van der Waals surface area contributed by atoms with Crippen molar-refractivity contribution in [3.05, 3.63) is 93.2 Å². The highest BCUT2D eigenvalue weighted by atomic mass is 35.5. The summed E-state index contributed by atoms with van der Waals surface area (Å²) in [7, 11) is 0. The van der Waals surface area contributed by atoms with Gasteiger partial charge in [0.15, 0.2) is 12.0 Å². The van der Waals surface area contributed by atoms with Crippen molar-refractivity contribution in [2.45, 2.75) is 38.3 Å². The van der Waals surface area contributed by atoms with E-state index in [1.54, 1.807) is 0 Å². The summed E-state index contributed by atoms with van der Waals surface area (Å²) in [4.78, 5) is 24.4. The molecule has 0 saturated heterocycles. The maximum absolute atomic E-state index is 14.7. The number of benzene rings is 2. The van der Waals surface area contributed by atoms with Gasteiger partial charge in [-0.05, 0) is 60.6 Å². The molecule has 0 spiro atoms. The number of rotatable bonds is 8. The largest absolute Gasteiger partial charge is 0.618 e. The number of nitrogens with zero attached hydrogens (tertiary/aromatic N) is 1. The van der Waals surface area contributed by atoms with Crippen LogP contribution in [-0.4, -0.2) is 16.9 Å². The quantitative estimate of drug-likeness (QED) is 0.204. The molecule has 5 nitrogen and oxygen atoms in total. The molecule has 1 saturated carbocycles. The van der Waals surface area contributed by atoms with Gasteiger partial charge in [-0.3, -0.25) is 4.79 Å². The standard InChI is InChI=1S/C27H22ClF4NO4/c1-14-10-18(14)12-19(23(34)11-15-2-4-16(5-3-15)26(35)36)22-9-6-17(13-33(22)37)24-20(27(30,31)32)7-8-21(28)25(24)29/h2-9,13-14,18-19H,10-12H2,1H3,(H,35,36)/t14?,18?,19-/m0/s1. The molecule has 1 fully saturated rings. The van der Waals surface area contributed by atoms with Crippen LogP contribution >= 0.6 is 11.6 Å². The fourth-order valence-corrected chi connectivity index (χ4v) is 4.67. The third-order valence-electron chi connectivity index (χ3n) is 6.77. The van der Waals surface area contributed by atoms with E-state index in [0.29, 0.717) is 28.7 Å². The van der Waals surface area contributed by atoms with Gasteiger partial charge in [0.2, 0.25) is 5.69 Å². The molecular weight excluding hydrogens is 514 g/mol. The second-order valence-electron chi connectivity index (χ2n) is 9.36. The molecule has 2 unspecified atom stereocenters. The zero-order valence-corrected chi connectivity index (χ0v) is 20.3. The number of carboxylic acids is 1. The highest BCUT2D eigenvalue weighted by Gasteiger charge is 2.40. The van der Waals surface area contributed by atoms with Crippen LogP contribution in [0.15, 0.2) is 54.7 Å². The van der Waals surface area contributed by atoms with E-state index in [1.165, 1.54) is 36.4 Å². The van der Waals surface area contributed by atoms with E-state index in [0.717, 1.165) is 18.7 Å². The van der Waals surface area contributed by atoms with Gasteiger partial charge in [-0.15, -0.1) is 0 Å². The number of hydrogen-bond acceptors (Lipinski definition) is 3. The Kier molecular flexibility index (Phi) is 7.28. The average Bonchev–Trinajstić information content (AvgIpc) is 3.53. The van der Waals surface area contributed by atoms with Crippen molar-refractivity contribution >= 4 is 23.4 Å². The van der Waals surface area contributed by atoms with Crippen LogP contribution in [0.4, 0.5) is 17.6 Å². The molecule has 0 amide bonds. The minimum atomic E-state index is -4.88. The van der Waals surface area contributed by atoms with Gasteiger partial charge in [0.05, 0.1) is 21.7 Å². The number of alkyl halides is 3. The minimum absolute atomic E-state index is 0.0472. The lowest BCUT2D eigenvalue weighted by Gasteiger charge is -2.18. The lowest BCUT2D eigenvalue weighted by Crippen LogP contribution is -2.36. The number of hydrogen-bond donors (Lipinski definition) is 1. The van der Waals surface area contributed by atoms with Gasteiger partial charge in [0.25, 0.3) is 0 Å². The van der Waals surface area contributed by atoms with Gasteiger partial charge in [0.1, 0.15) is 11.7 Å². The number of carboxylic acid groups (broad SMARTS) is 1. The average molecular weight is 536 g/mol. The number of aromatic nitrogens is 1. The molecule has 194 valence electrons. The number of halogens is 5. The van der Waals surface area contributed by atoms with Crippen molar-refractivity contribution < 1.29 is 37.0 Å². The molecule has 1 aliphatic carbocycles. The Morgan fingerprint density at radius 1 is 1.14 bits per heavy atom. The Morgan fingerprint density at radius 2 is 1.78 bits per heavy atom. The highest BCUT2D eigenvalue weighted by Crippen LogP contribution is 2.45. The van der Waals surface area contributed by atoms with Gasteiger partial charge < -0.3 is 10.3 Å². The van der Waals surface area contributed by atoms with Crippen molar-refractivity contribution in [1.82, 2.24) is 0 Å². The Labute approximate surface area is 214 Å². The Bertz CT molecular complexity index is 1360. The smallest absolute Gasteiger partial charge is 0.417 e. The van der Waals surface area contributed by atoms with Gasteiger partial charge in [-0.25, -0.2) is 9.18 Å². The molecule has 1 aliphatic rings. The molecule has 4 rings (SSSR count). The van der Waals surface area contributed by atoms with E-state index in [4.69, 9.17) is 16.7 Å². The van der Waals surface area contributed by atoms with Crippen LogP contribution in [0, 0.1) is 22.9 Å². The summed E-state index contributed by atoms with van der Waals surface area (Å²) in [5, 5.41) is 21.6. The predicted octanol–water partition coefficient (Wildman–Crippen LogP) is 6.44. The lowest BCUT2D eigenvalue weighted by molar-refractivity contribution is -0.614. The molecule has 3 aromatic rings. The van der Waals surface area contributed by atoms with Crippen molar-refractivity contribution in [1.29, 1.82) is 0 Å². The molecule has 37 heavy (non-hydrogen) atoms. The van der Waals surface area contributed by atoms with E-state index >= 15 is 0 Å². The molecule has 0 aliphatic heterocycles. The van der Waals surface area contributed by atoms with E-state index in [9.17, 15) is 32.4 Å². The predicted molar refractivity (Wildman–Crippen MR) is 128 cm³/mol. The molecule has 0 bridgehead atoms. The third-order valence-corrected chi connectivity index (χ3v) is 7.06. The highest BCUT2D eigenvalue weighted by molar-refractivity contribution is 6.31. The van der Waals surface area contributed by atoms with Crippen LogP contribution in [0.5, 0.6) is 0 Å². The molecule has 10 heteroatoms. The first kappa shape index (κ1) is 26.6. The number of Topliss-reactive ketones (excluding diaryl/α,β-unsaturated/α-hetero) is 1. The Balaban J connectivity index is 1.69. The maximum atomic E-state index is 14.7. The first-order chi connectivity index (χ1) is 17.4. The topological polar surface area (TPSA) is 81.3 Å². The van der Waals surface area contributed by atoms with Crippen LogP contribution in [-0.2, 0) is 17.4 Å². The number of carbonyl (C=O) groups is 2. The van der Waals surface area contributed by atoms with Crippen molar-refractivity contribution in [2.75, 3.05) is 0 Å². The molecular formula is C27H22ClF4NO4. The van der Waals surface area contributed by atoms with Crippen LogP contribution < -0.4 is 4.73 Å². The number of pyridine rings is 1. The van der Waals surface area contributed by atoms with Gasteiger partial charge >= 0.3 is 12.1 Å². The maximum Gasteiger partial charge on any atom is 0.417 e. The number of carbonyl (C=O) groups excluding carboxylic acids is 1. The summed E-state index contributed by atoms with van der Waals surface area (Å²) in [6.07, 6.45) is -2.85. The van der Waals surface area contributed by atoms with Gasteiger partial charge in [0, 0.05) is 18.1 Å². The van der Waals surface area contributed by atoms with Crippen LogP contribution in [0.1, 0.15) is 52.9 Å². The van der Waals surface area contributed by atoms with Crippen LogP contribution in [0.2, 0.25) is 5.02 Å². The molecule has 0 radical (unpaired) electrons. The lowest BCUT2D eigenvalue weighted by atomic mass is 9.88. The second kappa shape index (κ2) is 10.1. The molecule has 3 atom stereocenters. The monoisotopic (exact) mass is 535 g/mol. The first-order valence-electron chi connectivity index (χ1n) is 11.5. The molecule has 2 aromatic carbocycles. The normalized spacial score (nSPS) is 17.9. The fourth-order valence-electron chi connectivity index (χ4n) is 4.52. The zero-order chi connectivity index (χ0) is 27.1. The van der Waals surface area contributed by atoms with Crippen molar-refractivity contribution in [3.8, 4) is 11.1 Å². The van der Waals surface area contributed by atoms with Gasteiger partial charge in [-0.1, -0.05) is 30.7 Å². The summed E-state index contributed by atoms with van der Waals surface area (Å²) in [5.74, 6) is -2.94. The van der Waals surface area contributed by atoms with E-state index in [1.807, 2.05) is 6.92 Å². The minimum Gasteiger partial charge on any atom is -0.618 e. The number of ketones is 1. The van der Waals surface area contributed by atoms with Gasteiger partial charge in [-0.2, -0.15) is 17.9 Å². The molecule has 1 heterocycles. The molecule has 1 aromatic heterocycles. The van der Waals surface area contributed by atoms with Crippen LogP contribution in [0.25, 0.3) is 11.1 Å². The third kappa shape index (κ3) is 5.77. The summed E-state index contributed by atoms with van der Waals surface area (Å²) in [5.41, 5.74) is -1.75. The second-order valence-corrected chi connectivity index (χ2v) is 9.76. The summed E-state index contributed by atoms with van der Waals surface area (Å²) in [6, 6.07) is 9.70. The van der Waals surface area contributed by atoms with E-state index in [2.05, 4.69) is 0 Å². The number of aromatic carboxylic acids is 1. The Morgan fingerprint density at radius 3 is 2.32 bits per heavy atom.